The lowest BCUT2D eigenvalue weighted by atomic mass is 9.89. The van der Waals surface area contributed by atoms with E-state index in [4.69, 9.17) is 17.0 Å². The molecular weight excluding hydrogens is 323 g/mol. The highest BCUT2D eigenvalue weighted by Gasteiger charge is 2.24. The monoisotopic (exact) mass is 344 g/mol. The van der Waals surface area contributed by atoms with Gasteiger partial charge in [-0.25, -0.2) is 4.39 Å². The molecule has 1 aliphatic heterocycles. The average Bonchev–Trinajstić information content (AvgIpc) is 2.63. The SMILES string of the molecule is COc1ccccc1C1CCN(C(=S)Nc2ccc(F)cc2)CC1. The molecule has 1 heterocycles. The quantitative estimate of drug-likeness (QED) is 0.834. The van der Waals surface area contributed by atoms with Gasteiger partial charge in [0, 0.05) is 18.8 Å². The van der Waals surface area contributed by atoms with Crippen LogP contribution < -0.4 is 10.1 Å². The molecule has 0 atom stereocenters. The van der Waals surface area contributed by atoms with Crippen LogP contribution in [0.3, 0.4) is 0 Å². The van der Waals surface area contributed by atoms with Gasteiger partial charge in [-0.3, -0.25) is 0 Å². The minimum Gasteiger partial charge on any atom is -0.496 e. The highest BCUT2D eigenvalue weighted by Crippen LogP contribution is 2.34. The Hall–Kier alpha value is -2.14. The molecule has 126 valence electrons. The molecule has 0 aromatic heterocycles. The normalized spacial score (nSPS) is 15.2. The second kappa shape index (κ2) is 7.62. The minimum absolute atomic E-state index is 0.246. The first-order valence-electron chi connectivity index (χ1n) is 8.12. The Kier molecular flexibility index (Phi) is 5.30. The number of halogens is 1. The van der Waals surface area contributed by atoms with Crippen molar-refractivity contribution in [3.8, 4) is 5.75 Å². The van der Waals surface area contributed by atoms with Gasteiger partial charge in [-0.05, 0) is 66.9 Å². The number of piperidine rings is 1. The summed E-state index contributed by atoms with van der Waals surface area (Å²) >= 11 is 5.49. The van der Waals surface area contributed by atoms with E-state index in [1.807, 2.05) is 12.1 Å². The number of nitrogens with zero attached hydrogens (tertiary/aromatic N) is 1. The van der Waals surface area contributed by atoms with Gasteiger partial charge < -0.3 is 15.0 Å². The van der Waals surface area contributed by atoms with E-state index in [0.717, 1.165) is 37.4 Å². The molecule has 5 heteroatoms. The molecule has 1 fully saturated rings. The van der Waals surface area contributed by atoms with E-state index >= 15 is 0 Å². The lowest BCUT2D eigenvalue weighted by molar-refractivity contribution is 0.310. The van der Waals surface area contributed by atoms with E-state index in [-0.39, 0.29) is 5.82 Å². The van der Waals surface area contributed by atoms with Crippen molar-refractivity contribution in [2.75, 3.05) is 25.5 Å². The zero-order valence-corrected chi connectivity index (χ0v) is 14.5. The predicted molar refractivity (Wildman–Crippen MR) is 99.2 cm³/mol. The maximum Gasteiger partial charge on any atom is 0.173 e. The second-order valence-electron chi connectivity index (χ2n) is 5.94. The number of para-hydroxylation sites is 1. The number of hydrogen-bond acceptors (Lipinski definition) is 2. The molecule has 3 nitrogen and oxygen atoms in total. The maximum atomic E-state index is 13.0. The van der Waals surface area contributed by atoms with Crippen molar-refractivity contribution < 1.29 is 9.13 Å². The largest absolute Gasteiger partial charge is 0.496 e. The highest BCUT2D eigenvalue weighted by molar-refractivity contribution is 7.80. The molecule has 2 aromatic rings. The fourth-order valence-corrected chi connectivity index (χ4v) is 3.43. The number of anilines is 1. The third-order valence-electron chi connectivity index (χ3n) is 4.46. The van der Waals surface area contributed by atoms with E-state index in [9.17, 15) is 4.39 Å². The summed E-state index contributed by atoms with van der Waals surface area (Å²) in [4.78, 5) is 2.17. The van der Waals surface area contributed by atoms with Gasteiger partial charge in [-0.1, -0.05) is 18.2 Å². The van der Waals surface area contributed by atoms with Crippen molar-refractivity contribution in [3.63, 3.8) is 0 Å². The van der Waals surface area contributed by atoms with Crippen LogP contribution in [0.15, 0.2) is 48.5 Å². The second-order valence-corrected chi connectivity index (χ2v) is 6.33. The predicted octanol–water partition coefficient (Wildman–Crippen LogP) is 4.41. The molecule has 3 rings (SSSR count). The molecule has 1 N–H and O–H groups in total. The third kappa shape index (κ3) is 3.85. The van der Waals surface area contributed by atoms with Crippen molar-refractivity contribution in [1.82, 2.24) is 4.90 Å². The highest BCUT2D eigenvalue weighted by atomic mass is 32.1. The summed E-state index contributed by atoms with van der Waals surface area (Å²) in [6, 6.07) is 14.5. The number of ether oxygens (including phenoxy) is 1. The van der Waals surface area contributed by atoms with Crippen molar-refractivity contribution in [3.05, 3.63) is 59.9 Å². The van der Waals surface area contributed by atoms with Gasteiger partial charge in [0.15, 0.2) is 5.11 Å². The van der Waals surface area contributed by atoms with Crippen LogP contribution >= 0.6 is 12.2 Å². The molecule has 0 unspecified atom stereocenters. The van der Waals surface area contributed by atoms with E-state index in [1.165, 1.54) is 17.7 Å². The molecule has 24 heavy (non-hydrogen) atoms. The number of thiocarbonyl (C=S) groups is 1. The zero-order chi connectivity index (χ0) is 16.9. The Bertz CT molecular complexity index is 697. The summed E-state index contributed by atoms with van der Waals surface area (Å²) in [5.41, 5.74) is 2.09. The molecule has 0 amide bonds. The molecule has 1 aliphatic rings. The number of benzene rings is 2. The number of likely N-dealkylation sites (tertiary alicyclic amines) is 1. The molecule has 0 saturated carbocycles. The van der Waals surface area contributed by atoms with Gasteiger partial charge >= 0.3 is 0 Å². The summed E-state index contributed by atoms with van der Waals surface area (Å²) in [5, 5.41) is 3.88. The molecule has 0 spiro atoms. The van der Waals surface area contributed by atoms with Crippen LogP contribution in [0, 0.1) is 5.82 Å². The lowest BCUT2D eigenvalue weighted by Gasteiger charge is -2.34. The molecule has 0 bridgehead atoms. The van der Waals surface area contributed by atoms with Crippen LogP contribution in [0.1, 0.15) is 24.3 Å². The smallest absolute Gasteiger partial charge is 0.173 e. The van der Waals surface area contributed by atoms with Crippen molar-refractivity contribution >= 4 is 23.0 Å². The molecular formula is C19H21FN2OS. The van der Waals surface area contributed by atoms with Gasteiger partial charge in [-0.2, -0.15) is 0 Å². The summed E-state index contributed by atoms with van der Waals surface area (Å²) in [6.07, 6.45) is 2.07. The Labute approximate surface area is 147 Å². The summed E-state index contributed by atoms with van der Waals surface area (Å²) < 4.78 is 18.4. The summed E-state index contributed by atoms with van der Waals surface area (Å²) in [5.74, 6) is 1.21. The standard InChI is InChI=1S/C19H21FN2OS/c1-23-18-5-3-2-4-17(18)14-10-12-22(13-11-14)19(24)21-16-8-6-15(20)7-9-16/h2-9,14H,10-13H2,1H3,(H,21,24). The molecule has 0 aliphatic carbocycles. The van der Waals surface area contributed by atoms with Gasteiger partial charge in [0.1, 0.15) is 11.6 Å². The van der Waals surface area contributed by atoms with Crippen molar-refractivity contribution in [2.24, 2.45) is 0 Å². The van der Waals surface area contributed by atoms with E-state index in [2.05, 4.69) is 22.3 Å². The lowest BCUT2D eigenvalue weighted by Crippen LogP contribution is -2.40. The fraction of sp³-hybridized carbons (Fsp3) is 0.316. The first-order valence-corrected chi connectivity index (χ1v) is 8.52. The van der Waals surface area contributed by atoms with Crippen LogP contribution in [0.4, 0.5) is 10.1 Å². The summed E-state index contributed by atoms with van der Waals surface area (Å²) in [6.45, 7) is 1.80. The van der Waals surface area contributed by atoms with Crippen LogP contribution in [0.5, 0.6) is 5.75 Å². The number of nitrogens with one attached hydrogen (secondary N) is 1. The van der Waals surface area contributed by atoms with Crippen LogP contribution in [0.2, 0.25) is 0 Å². The van der Waals surface area contributed by atoms with Gasteiger partial charge in [-0.15, -0.1) is 0 Å². The van der Waals surface area contributed by atoms with Gasteiger partial charge in [0.25, 0.3) is 0 Å². The van der Waals surface area contributed by atoms with Gasteiger partial charge in [0.05, 0.1) is 7.11 Å². The van der Waals surface area contributed by atoms with E-state index < -0.39 is 0 Å². The third-order valence-corrected chi connectivity index (χ3v) is 4.82. The number of methoxy groups -OCH3 is 1. The Morgan fingerprint density at radius 1 is 1.12 bits per heavy atom. The van der Waals surface area contributed by atoms with E-state index in [1.54, 1.807) is 19.2 Å². The Balaban J connectivity index is 1.58. The molecule has 2 aromatic carbocycles. The topological polar surface area (TPSA) is 24.5 Å². The van der Waals surface area contributed by atoms with E-state index in [0.29, 0.717) is 11.0 Å². The van der Waals surface area contributed by atoms with Crippen molar-refractivity contribution in [1.29, 1.82) is 0 Å². The van der Waals surface area contributed by atoms with Crippen LogP contribution in [-0.2, 0) is 0 Å². The maximum absolute atomic E-state index is 13.0. The zero-order valence-electron chi connectivity index (χ0n) is 13.7. The van der Waals surface area contributed by atoms with Crippen molar-refractivity contribution in [2.45, 2.75) is 18.8 Å². The Morgan fingerprint density at radius 3 is 2.46 bits per heavy atom. The average molecular weight is 344 g/mol. The fourth-order valence-electron chi connectivity index (χ4n) is 3.13. The molecule has 1 saturated heterocycles. The first kappa shape index (κ1) is 16.7. The van der Waals surface area contributed by atoms with Crippen LogP contribution in [-0.4, -0.2) is 30.2 Å². The van der Waals surface area contributed by atoms with Gasteiger partial charge in [0.2, 0.25) is 0 Å². The number of rotatable bonds is 3. The molecule has 0 radical (unpaired) electrons. The summed E-state index contributed by atoms with van der Waals surface area (Å²) in [7, 11) is 1.72. The first-order chi connectivity index (χ1) is 11.7. The number of hydrogen-bond donors (Lipinski definition) is 1. The minimum atomic E-state index is -0.246. The Morgan fingerprint density at radius 2 is 1.79 bits per heavy atom. The van der Waals surface area contributed by atoms with Crippen LogP contribution in [0.25, 0.3) is 0 Å².